The van der Waals surface area contributed by atoms with Crippen LogP contribution >= 0.6 is 11.3 Å². The molecule has 1 heterocycles. The van der Waals surface area contributed by atoms with Gasteiger partial charge in [0.1, 0.15) is 10.8 Å². The van der Waals surface area contributed by atoms with Crippen LogP contribution in [0.2, 0.25) is 0 Å². The smallest absolute Gasteiger partial charge is 0.306 e. The quantitative estimate of drug-likeness (QED) is 0.788. The van der Waals surface area contributed by atoms with Crippen molar-refractivity contribution in [2.45, 2.75) is 26.7 Å². The fourth-order valence-corrected chi connectivity index (χ4v) is 2.77. The summed E-state index contributed by atoms with van der Waals surface area (Å²) < 4.78 is 18.2. The maximum atomic E-state index is 13.3. The summed E-state index contributed by atoms with van der Waals surface area (Å²) >= 11 is 1.46. The van der Waals surface area contributed by atoms with Gasteiger partial charge < -0.3 is 4.74 Å². The first-order valence-corrected chi connectivity index (χ1v) is 7.34. The number of benzene rings is 1. The molecule has 5 heteroatoms. The van der Waals surface area contributed by atoms with Crippen molar-refractivity contribution >= 4 is 17.3 Å². The maximum Gasteiger partial charge on any atom is 0.306 e. The van der Waals surface area contributed by atoms with Gasteiger partial charge in [0.2, 0.25) is 0 Å². The number of ether oxygens (including phenoxy) is 1. The molecular weight excluding hydrogens is 277 g/mol. The average Bonchev–Trinajstić information content (AvgIpc) is 2.88. The lowest BCUT2D eigenvalue weighted by Gasteiger charge is -2.02. The number of halogens is 1. The summed E-state index contributed by atoms with van der Waals surface area (Å²) in [6, 6.07) is 4.67. The van der Waals surface area contributed by atoms with E-state index in [1.807, 2.05) is 12.3 Å². The van der Waals surface area contributed by atoms with Crippen molar-refractivity contribution in [3.05, 3.63) is 40.7 Å². The van der Waals surface area contributed by atoms with Crippen molar-refractivity contribution in [3.8, 4) is 10.6 Å². The average molecular weight is 293 g/mol. The van der Waals surface area contributed by atoms with Gasteiger partial charge in [-0.2, -0.15) is 0 Å². The van der Waals surface area contributed by atoms with Crippen LogP contribution in [-0.2, 0) is 16.0 Å². The Morgan fingerprint density at radius 1 is 1.45 bits per heavy atom. The molecule has 3 nitrogen and oxygen atoms in total. The summed E-state index contributed by atoms with van der Waals surface area (Å²) in [5.41, 5.74) is 2.62. The molecular formula is C15H16FNO2S. The second-order valence-corrected chi connectivity index (χ2v) is 5.27. The lowest BCUT2D eigenvalue weighted by Crippen LogP contribution is -2.05. The SMILES string of the molecule is CCOC(=O)CCc1csc(-c2cc(F)ccc2C)n1. The van der Waals surface area contributed by atoms with E-state index in [0.29, 0.717) is 19.4 Å². The van der Waals surface area contributed by atoms with Crippen LogP contribution in [-0.4, -0.2) is 17.6 Å². The predicted octanol–water partition coefficient (Wildman–Crippen LogP) is 3.75. The number of hydrogen-bond acceptors (Lipinski definition) is 4. The highest BCUT2D eigenvalue weighted by molar-refractivity contribution is 7.13. The van der Waals surface area contributed by atoms with Crippen molar-refractivity contribution in [2.24, 2.45) is 0 Å². The van der Waals surface area contributed by atoms with E-state index in [1.165, 1.54) is 23.5 Å². The van der Waals surface area contributed by atoms with Gasteiger partial charge in [-0.1, -0.05) is 6.07 Å². The van der Waals surface area contributed by atoms with Crippen molar-refractivity contribution in [1.29, 1.82) is 0 Å². The molecule has 0 aliphatic carbocycles. The Balaban J connectivity index is 2.09. The van der Waals surface area contributed by atoms with Gasteiger partial charge in [-0.25, -0.2) is 9.37 Å². The molecule has 0 bridgehead atoms. The molecule has 0 aliphatic rings. The fraction of sp³-hybridized carbons (Fsp3) is 0.333. The first kappa shape index (κ1) is 14.7. The zero-order valence-corrected chi connectivity index (χ0v) is 12.3. The van der Waals surface area contributed by atoms with E-state index in [1.54, 1.807) is 13.0 Å². The van der Waals surface area contributed by atoms with Crippen molar-refractivity contribution in [1.82, 2.24) is 4.98 Å². The number of nitrogens with zero attached hydrogens (tertiary/aromatic N) is 1. The van der Waals surface area contributed by atoms with E-state index < -0.39 is 0 Å². The van der Waals surface area contributed by atoms with Gasteiger partial charge in [0.25, 0.3) is 0 Å². The van der Waals surface area contributed by atoms with Gasteiger partial charge in [-0.15, -0.1) is 11.3 Å². The molecule has 1 aromatic carbocycles. The number of carbonyl (C=O) groups excluding carboxylic acids is 1. The number of thiazole rings is 1. The van der Waals surface area contributed by atoms with E-state index in [2.05, 4.69) is 4.98 Å². The molecule has 0 radical (unpaired) electrons. The third-order valence-corrected chi connectivity index (χ3v) is 3.80. The third-order valence-electron chi connectivity index (χ3n) is 2.87. The Morgan fingerprint density at radius 2 is 2.25 bits per heavy atom. The summed E-state index contributed by atoms with van der Waals surface area (Å²) in [5.74, 6) is -0.488. The monoisotopic (exact) mass is 293 g/mol. The Labute approximate surface area is 121 Å². The van der Waals surface area contributed by atoms with E-state index in [9.17, 15) is 9.18 Å². The Morgan fingerprint density at radius 3 is 3.00 bits per heavy atom. The van der Waals surface area contributed by atoms with Crippen LogP contribution in [0.3, 0.4) is 0 Å². The number of aryl methyl sites for hydroxylation is 2. The highest BCUT2D eigenvalue weighted by atomic mass is 32.1. The molecule has 1 aromatic heterocycles. The lowest BCUT2D eigenvalue weighted by molar-refractivity contribution is -0.143. The zero-order chi connectivity index (χ0) is 14.5. The van der Waals surface area contributed by atoms with Crippen LogP contribution < -0.4 is 0 Å². The van der Waals surface area contributed by atoms with Gasteiger partial charge in [0.05, 0.1) is 18.7 Å². The molecule has 106 valence electrons. The Bertz CT molecular complexity index is 610. The highest BCUT2D eigenvalue weighted by Crippen LogP contribution is 2.27. The van der Waals surface area contributed by atoms with Gasteiger partial charge in [-0.3, -0.25) is 4.79 Å². The van der Waals surface area contributed by atoms with Gasteiger partial charge in [-0.05, 0) is 31.5 Å². The zero-order valence-electron chi connectivity index (χ0n) is 11.5. The summed E-state index contributed by atoms with van der Waals surface area (Å²) in [6.45, 7) is 4.10. The van der Waals surface area contributed by atoms with Crippen molar-refractivity contribution in [3.63, 3.8) is 0 Å². The molecule has 2 aromatic rings. The molecule has 0 N–H and O–H groups in total. The molecule has 0 atom stereocenters. The molecule has 0 fully saturated rings. The Kier molecular flexibility index (Phi) is 4.84. The van der Waals surface area contributed by atoms with E-state index in [4.69, 9.17) is 4.74 Å². The molecule has 0 saturated carbocycles. The van der Waals surface area contributed by atoms with E-state index >= 15 is 0 Å². The summed E-state index contributed by atoms with van der Waals surface area (Å²) in [7, 11) is 0. The van der Waals surface area contributed by atoms with Crippen LogP contribution in [0, 0.1) is 12.7 Å². The van der Waals surface area contributed by atoms with Crippen LogP contribution in [0.4, 0.5) is 4.39 Å². The molecule has 0 unspecified atom stereocenters. The fourth-order valence-electron chi connectivity index (χ4n) is 1.83. The Hall–Kier alpha value is -1.75. The predicted molar refractivity (Wildman–Crippen MR) is 77.2 cm³/mol. The minimum absolute atomic E-state index is 0.219. The van der Waals surface area contributed by atoms with E-state index in [-0.39, 0.29) is 11.8 Å². The van der Waals surface area contributed by atoms with Crippen molar-refractivity contribution in [2.75, 3.05) is 6.61 Å². The largest absolute Gasteiger partial charge is 0.466 e. The number of esters is 1. The van der Waals surface area contributed by atoms with Crippen LogP contribution in [0.1, 0.15) is 24.6 Å². The van der Waals surface area contributed by atoms with Crippen LogP contribution in [0.15, 0.2) is 23.6 Å². The molecule has 2 rings (SSSR count). The summed E-state index contributed by atoms with van der Waals surface area (Å²) in [4.78, 5) is 15.8. The normalized spacial score (nSPS) is 10.6. The molecule has 0 saturated heterocycles. The molecule has 20 heavy (non-hydrogen) atoms. The molecule has 0 spiro atoms. The number of hydrogen-bond donors (Lipinski definition) is 0. The minimum atomic E-state index is -0.270. The van der Waals surface area contributed by atoms with E-state index in [0.717, 1.165) is 21.8 Å². The standard InChI is InChI=1S/C15H16FNO2S/c1-3-19-14(18)7-6-12-9-20-15(17-12)13-8-11(16)5-4-10(13)2/h4-5,8-9H,3,6-7H2,1-2H3. The maximum absolute atomic E-state index is 13.3. The molecule has 0 aliphatic heterocycles. The summed E-state index contributed by atoms with van der Waals surface area (Å²) in [6.07, 6.45) is 0.864. The first-order valence-electron chi connectivity index (χ1n) is 6.46. The number of carbonyl (C=O) groups is 1. The van der Waals surface area contributed by atoms with Gasteiger partial charge in [0, 0.05) is 17.4 Å². The van der Waals surface area contributed by atoms with Gasteiger partial charge >= 0.3 is 5.97 Å². The minimum Gasteiger partial charge on any atom is -0.466 e. The van der Waals surface area contributed by atoms with Crippen LogP contribution in [0.25, 0.3) is 10.6 Å². The lowest BCUT2D eigenvalue weighted by atomic mass is 10.1. The van der Waals surface area contributed by atoms with Crippen LogP contribution in [0.5, 0.6) is 0 Å². The number of aromatic nitrogens is 1. The second-order valence-electron chi connectivity index (χ2n) is 4.41. The number of rotatable bonds is 5. The second kappa shape index (κ2) is 6.61. The third kappa shape index (κ3) is 3.63. The van der Waals surface area contributed by atoms with Gasteiger partial charge in [0.15, 0.2) is 0 Å². The highest BCUT2D eigenvalue weighted by Gasteiger charge is 2.10. The van der Waals surface area contributed by atoms with Crippen molar-refractivity contribution < 1.29 is 13.9 Å². The first-order chi connectivity index (χ1) is 9.60. The summed E-state index contributed by atoms with van der Waals surface area (Å²) in [5, 5.41) is 2.68. The topological polar surface area (TPSA) is 39.2 Å². The molecule has 0 amide bonds.